The van der Waals surface area contributed by atoms with Crippen molar-refractivity contribution in [1.29, 1.82) is 0 Å². The molecule has 3 heterocycles. The summed E-state index contributed by atoms with van der Waals surface area (Å²) >= 11 is 0. The summed E-state index contributed by atoms with van der Waals surface area (Å²) in [7, 11) is 2.09. The second-order valence-corrected chi connectivity index (χ2v) is 6.45. The summed E-state index contributed by atoms with van der Waals surface area (Å²) in [5.41, 5.74) is 7.25. The molecule has 2 aromatic rings. The van der Waals surface area contributed by atoms with Crippen LogP contribution in [-0.2, 0) is 19.9 Å². The Balaban J connectivity index is 1.70. The third-order valence-corrected chi connectivity index (χ3v) is 4.90. The lowest BCUT2D eigenvalue weighted by atomic mass is 9.90. The Labute approximate surface area is 132 Å². The standard InChI is InChI=1S/C20H23N2/c1-21-11-3-2-8-19(21)10-9-16-14-17-6-4-12-22-13-5-7-18(15-16)20(17)22/h2-3,8-11,14-15H,4-7,12-13H2,1H3/q+1. The number of aryl methyl sites for hydroxylation is 3. The highest BCUT2D eigenvalue weighted by molar-refractivity contribution is 5.72. The molecule has 0 radical (unpaired) electrons. The summed E-state index contributed by atoms with van der Waals surface area (Å²) in [4.78, 5) is 2.60. The van der Waals surface area contributed by atoms with E-state index in [4.69, 9.17) is 0 Å². The average Bonchev–Trinajstić information content (AvgIpc) is 2.55. The largest absolute Gasteiger partial charge is 0.371 e. The first-order valence-corrected chi connectivity index (χ1v) is 8.35. The van der Waals surface area contributed by atoms with Gasteiger partial charge in [0.15, 0.2) is 6.20 Å². The van der Waals surface area contributed by atoms with Crippen LogP contribution in [0.4, 0.5) is 5.69 Å². The smallest absolute Gasteiger partial charge is 0.204 e. The molecule has 2 heteroatoms. The summed E-state index contributed by atoms with van der Waals surface area (Å²) < 4.78 is 2.15. The predicted molar refractivity (Wildman–Crippen MR) is 91.8 cm³/mol. The zero-order valence-corrected chi connectivity index (χ0v) is 13.3. The van der Waals surface area contributed by atoms with E-state index in [1.165, 1.54) is 50.0 Å². The quantitative estimate of drug-likeness (QED) is 0.769. The minimum atomic E-state index is 1.23. The summed E-state index contributed by atoms with van der Waals surface area (Å²) in [6, 6.07) is 11.1. The summed E-state index contributed by atoms with van der Waals surface area (Å²) in [5, 5.41) is 0. The predicted octanol–water partition coefficient (Wildman–Crippen LogP) is 3.38. The molecule has 0 saturated heterocycles. The fraction of sp³-hybridized carbons (Fsp3) is 0.350. The van der Waals surface area contributed by atoms with Gasteiger partial charge in [-0.15, -0.1) is 0 Å². The lowest BCUT2D eigenvalue weighted by molar-refractivity contribution is -0.673. The van der Waals surface area contributed by atoms with Crippen LogP contribution in [0.3, 0.4) is 0 Å². The molecule has 0 fully saturated rings. The first kappa shape index (κ1) is 13.6. The van der Waals surface area contributed by atoms with Crippen molar-refractivity contribution < 1.29 is 4.57 Å². The van der Waals surface area contributed by atoms with Gasteiger partial charge < -0.3 is 4.90 Å². The van der Waals surface area contributed by atoms with Gasteiger partial charge in [0.05, 0.1) is 0 Å². The molecule has 1 aromatic heterocycles. The lowest BCUT2D eigenvalue weighted by Gasteiger charge is -2.37. The number of rotatable bonds is 2. The number of nitrogens with zero attached hydrogens (tertiary/aromatic N) is 2. The Morgan fingerprint density at radius 2 is 1.73 bits per heavy atom. The molecule has 2 aliphatic heterocycles. The van der Waals surface area contributed by atoms with Gasteiger partial charge in [0.2, 0.25) is 5.69 Å². The highest BCUT2D eigenvalue weighted by Gasteiger charge is 2.23. The van der Waals surface area contributed by atoms with E-state index in [1.807, 2.05) is 0 Å². The van der Waals surface area contributed by atoms with Gasteiger partial charge >= 0.3 is 0 Å². The second-order valence-electron chi connectivity index (χ2n) is 6.45. The second kappa shape index (κ2) is 5.60. The number of hydrogen-bond acceptors (Lipinski definition) is 1. The normalized spacial score (nSPS) is 16.9. The van der Waals surface area contributed by atoms with Crippen molar-refractivity contribution >= 4 is 17.8 Å². The maximum absolute atomic E-state index is 2.60. The molecule has 1 aromatic carbocycles. The summed E-state index contributed by atoms with van der Waals surface area (Å²) in [6.07, 6.45) is 11.6. The van der Waals surface area contributed by atoms with Gasteiger partial charge in [0, 0.05) is 37.0 Å². The van der Waals surface area contributed by atoms with Crippen molar-refractivity contribution in [3.8, 4) is 0 Å². The molecule has 4 rings (SSSR count). The van der Waals surface area contributed by atoms with Crippen LogP contribution >= 0.6 is 0 Å². The minimum Gasteiger partial charge on any atom is -0.371 e. The Morgan fingerprint density at radius 1 is 1.00 bits per heavy atom. The van der Waals surface area contributed by atoms with Crippen LogP contribution in [0.25, 0.3) is 12.2 Å². The minimum absolute atomic E-state index is 1.23. The van der Waals surface area contributed by atoms with Crippen LogP contribution in [0.15, 0.2) is 36.5 Å². The molecule has 0 amide bonds. The molecule has 0 bridgehead atoms. The average molecular weight is 291 g/mol. The molecule has 2 aliphatic rings. The Hall–Kier alpha value is -2.09. The highest BCUT2D eigenvalue weighted by atomic mass is 15.1. The fourth-order valence-corrected chi connectivity index (χ4v) is 3.82. The van der Waals surface area contributed by atoms with E-state index in [1.54, 1.807) is 16.8 Å². The van der Waals surface area contributed by atoms with Gasteiger partial charge in [-0.05, 0) is 66.6 Å². The topological polar surface area (TPSA) is 7.12 Å². The van der Waals surface area contributed by atoms with Gasteiger partial charge in [-0.2, -0.15) is 0 Å². The van der Waals surface area contributed by atoms with E-state index in [0.29, 0.717) is 0 Å². The number of hydrogen-bond donors (Lipinski definition) is 0. The van der Waals surface area contributed by atoms with Crippen molar-refractivity contribution in [2.24, 2.45) is 7.05 Å². The van der Waals surface area contributed by atoms with Crippen LogP contribution in [0.2, 0.25) is 0 Å². The summed E-state index contributed by atoms with van der Waals surface area (Å²) in [5.74, 6) is 0. The molecule has 0 unspecified atom stereocenters. The van der Waals surface area contributed by atoms with Gasteiger partial charge in [0.25, 0.3) is 0 Å². The van der Waals surface area contributed by atoms with Gasteiger partial charge in [0.1, 0.15) is 7.05 Å². The van der Waals surface area contributed by atoms with Crippen molar-refractivity contribution in [2.45, 2.75) is 25.7 Å². The van der Waals surface area contributed by atoms with E-state index in [-0.39, 0.29) is 0 Å². The molecular formula is C20H23N2+. The first-order chi connectivity index (χ1) is 10.8. The van der Waals surface area contributed by atoms with E-state index in [2.05, 4.69) is 65.2 Å². The summed E-state index contributed by atoms with van der Waals surface area (Å²) in [6.45, 7) is 2.49. The molecule has 2 nitrogen and oxygen atoms in total. The highest BCUT2D eigenvalue weighted by Crippen LogP contribution is 2.36. The molecular weight excluding hydrogens is 268 g/mol. The molecule has 112 valence electrons. The molecule has 0 aliphatic carbocycles. The maximum Gasteiger partial charge on any atom is 0.204 e. The molecule has 22 heavy (non-hydrogen) atoms. The zero-order chi connectivity index (χ0) is 14.9. The number of aromatic nitrogens is 1. The Kier molecular flexibility index (Phi) is 3.45. The van der Waals surface area contributed by atoms with Gasteiger partial charge in [-0.3, -0.25) is 0 Å². The van der Waals surface area contributed by atoms with E-state index in [9.17, 15) is 0 Å². The van der Waals surface area contributed by atoms with Crippen molar-refractivity contribution in [2.75, 3.05) is 18.0 Å². The molecule has 0 atom stereocenters. The third kappa shape index (κ3) is 2.43. The Bertz CT molecular complexity index is 699. The molecule has 0 N–H and O–H groups in total. The monoisotopic (exact) mass is 291 g/mol. The Morgan fingerprint density at radius 3 is 2.41 bits per heavy atom. The number of benzene rings is 1. The van der Waals surface area contributed by atoms with Crippen LogP contribution in [0.1, 0.15) is 35.2 Å². The maximum atomic E-state index is 2.60. The first-order valence-electron chi connectivity index (χ1n) is 8.35. The molecule has 0 spiro atoms. The zero-order valence-electron chi connectivity index (χ0n) is 13.3. The van der Waals surface area contributed by atoms with Crippen molar-refractivity contribution in [3.05, 3.63) is 58.9 Å². The SMILES string of the molecule is C[n+]1ccccc1/C=C/c1cc2c3c(c1)CCCN3CCC2. The van der Waals surface area contributed by atoms with E-state index >= 15 is 0 Å². The number of pyridine rings is 1. The lowest BCUT2D eigenvalue weighted by Crippen LogP contribution is -2.34. The fourth-order valence-electron chi connectivity index (χ4n) is 3.82. The van der Waals surface area contributed by atoms with Crippen LogP contribution in [-0.4, -0.2) is 13.1 Å². The third-order valence-electron chi connectivity index (χ3n) is 4.90. The number of anilines is 1. The van der Waals surface area contributed by atoms with Crippen molar-refractivity contribution in [3.63, 3.8) is 0 Å². The van der Waals surface area contributed by atoms with Gasteiger partial charge in [-0.25, -0.2) is 4.57 Å². The van der Waals surface area contributed by atoms with Crippen molar-refractivity contribution in [1.82, 2.24) is 0 Å². The van der Waals surface area contributed by atoms with Crippen LogP contribution in [0.5, 0.6) is 0 Å². The molecule has 0 saturated carbocycles. The van der Waals surface area contributed by atoms with E-state index in [0.717, 1.165) is 0 Å². The van der Waals surface area contributed by atoms with Crippen LogP contribution in [0, 0.1) is 0 Å². The van der Waals surface area contributed by atoms with Gasteiger partial charge in [-0.1, -0.05) is 0 Å². The van der Waals surface area contributed by atoms with E-state index < -0.39 is 0 Å². The van der Waals surface area contributed by atoms with Crippen LogP contribution < -0.4 is 9.47 Å².